The molecule has 1 aromatic heterocycles. The molecule has 0 saturated heterocycles. The fraction of sp³-hybridized carbons (Fsp3) is 0.583. The van der Waals surface area contributed by atoms with E-state index in [-0.39, 0.29) is 0 Å². The number of nitrogens with zero attached hydrogens (tertiary/aromatic N) is 2. The Kier molecular flexibility index (Phi) is 4.55. The van der Waals surface area contributed by atoms with Crippen molar-refractivity contribution in [1.82, 2.24) is 9.88 Å². The molecule has 0 saturated carbocycles. The number of nitrogens with one attached hydrogen (secondary N) is 1. The lowest BCUT2D eigenvalue weighted by atomic mass is 10.0. The molecule has 0 fully saturated rings. The minimum atomic E-state index is 0.417. The molecule has 4 heteroatoms. The number of pyridine rings is 1. The van der Waals surface area contributed by atoms with Crippen LogP contribution in [-0.2, 0) is 0 Å². The zero-order valence-corrected chi connectivity index (χ0v) is 10.6. The molecule has 0 radical (unpaired) electrons. The van der Waals surface area contributed by atoms with Gasteiger partial charge >= 0.3 is 0 Å². The number of nitrogens with two attached hydrogens (primary N) is 1. The summed E-state index contributed by atoms with van der Waals surface area (Å²) in [6.45, 7) is 5.43. The maximum absolute atomic E-state index is 5.55. The van der Waals surface area contributed by atoms with Crippen LogP contribution in [0.25, 0.3) is 0 Å². The standard InChI is InChI=1S/C12H22N4/c1-9(2)11(8-16(3)4)15-10-5-6-12(13)14-7-10/h5-7,9,11,15H,8H2,1-4H3,(H2,13,14). The normalized spacial score (nSPS) is 13.1. The molecular formula is C12H22N4. The Morgan fingerprint density at radius 2 is 2.06 bits per heavy atom. The van der Waals surface area contributed by atoms with Crippen LogP contribution in [-0.4, -0.2) is 36.6 Å². The molecule has 1 aromatic rings. The molecule has 0 aliphatic heterocycles. The molecule has 1 atom stereocenters. The maximum atomic E-state index is 5.55. The fourth-order valence-corrected chi connectivity index (χ4v) is 1.52. The van der Waals surface area contributed by atoms with E-state index in [2.05, 4.69) is 43.1 Å². The Labute approximate surface area is 97.9 Å². The number of nitrogen functional groups attached to an aromatic ring is 1. The molecule has 0 aliphatic carbocycles. The van der Waals surface area contributed by atoms with Crippen LogP contribution < -0.4 is 11.1 Å². The number of likely N-dealkylation sites (N-methyl/N-ethyl adjacent to an activating group) is 1. The van der Waals surface area contributed by atoms with E-state index in [0.717, 1.165) is 12.2 Å². The molecule has 1 heterocycles. The molecule has 4 nitrogen and oxygen atoms in total. The van der Waals surface area contributed by atoms with Crippen LogP contribution in [0.1, 0.15) is 13.8 Å². The first-order valence-electron chi connectivity index (χ1n) is 5.62. The third kappa shape index (κ3) is 4.06. The van der Waals surface area contributed by atoms with E-state index >= 15 is 0 Å². The van der Waals surface area contributed by atoms with Crippen LogP contribution in [0, 0.1) is 5.92 Å². The first kappa shape index (κ1) is 12.8. The van der Waals surface area contributed by atoms with Crippen LogP contribution in [0.4, 0.5) is 11.5 Å². The van der Waals surface area contributed by atoms with Gasteiger partial charge in [-0.3, -0.25) is 0 Å². The predicted molar refractivity (Wildman–Crippen MR) is 69.5 cm³/mol. The molecule has 0 spiro atoms. The van der Waals surface area contributed by atoms with E-state index in [1.807, 2.05) is 12.1 Å². The van der Waals surface area contributed by atoms with Gasteiger partial charge in [0.1, 0.15) is 5.82 Å². The minimum absolute atomic E-state index is 0.417. The summed E-state index contributed by atoms with van der Waals surface area (Å²) in [4.78, 5) is 6.26. The highest BCUT2D eigenvalue weighted by Crippen LogP contribution is 2.13. The maximum Gasteiger partial charge on any atom is 0.123 e. The van der Waals surface area contributed by atoms with Crippen molar-refractivity contribution in [2.24, 2.45) is 5.92 Å². The van der Waals surface area contributed by atoms with Gasteiger partial charge in [-0.05, 0) is 32.1 Å². The second kappa shape index (κ2) is 5.70. The summed E-state index contributed by atoms with van der Waals surface area (Å²) in [7, 11) is 4.16. The zero-order chi connectivity index (χ0) is 12.1. The molecule has 3 N–H and O–H groups in total. The van der Waals surface area contributed by atoms with Crippen molar-refractivity contribution >= 4 is 11.5 Å². The zero-order valence-electron chi connectivity index (χ0n) is 10.6. The van der Waals surface area contributed by atoms with Gasteiger partial charge < -0.3 is 16.0 Å². The van der Waals surface area contributed by atoms with Gasteiger partial charge in [-0.15, -0.1) is 0 Å². The highest BCUT2D eigenvalue weighted by molar-refractivity contribution is 5.46. The van der Waals surface area contributed by atoms with Crippen LogP contribution in [0.15, 0.2) is 18.3 Å². The lowest BCUT2D eigenvalue weighted by molar-refractivity contribution is 0.344. The van der Waals surface area contributed by atoms with E-state index in [0.29, 0.717) is 17.8 Å². The molecule has 90 valence electrons. The van der Waals surface area contributed by atoms with E-state index in [1.54, 1.807) is 6.20 Å². The van der Waals surface area contributed by atoms with Crippen LogP contribution in [0.3, 0.4) is 0 Å². The Bertz CT molecular complexity index is 305. The van der Waals surface area contributed by atoms with Crippen LogP contribution in [0.5, 0.6) is 0 Å². The summed E-state index contributed by atoms with van der Waals surface area (Å²) in [5.74, 6) is 1.12. The number of rotatable bonds is 5. The number of hydrogen-bond acceptors (Lipinski definition) is 4. The molecule has 0 aliphatic rings. The molecule has 1 rings (SSSR count). The summed E-state index contributed by atoms with van der Waals surface area (Å²) in [6, 6.07) is 4.20. The smallest absolute Gasteiger partial charge is 0.123 e. The lowest BCUT2D eigenvalue weighted by Gasteiger charge is -2.26. The fourth-order valence-electron chi connectivity index (χ4n) is 1.52. The molecule has 0 amide bonds. The first-order chi connectivity index (χ1) is 7.49. The monoisotopic (exact) mass is 222 g/mol. The summed E-state index contributed by atoms with van der Waals surface area (Å²) in [6.07, 6.45) is 1.78. The van der Waals surface area contributed by atoms with Crippen molar-refractivity contribution in [1.29, 1.82) is 0 Å². The van der Waals surface area contributed by atoms with Crippen LogP contribution in [0.2, 0.25) is 0 Å². The summed E-state index contributed by atoms with van der Waals surface area (Å²) in [5.41, 5.74) is 6.57. The lowest BCUT2D eigenvalue weighted by Crippen LogP contribution is -2.36. The SMILES string of the molecule is CC(C)C(CN(C)C)Nc1ccc(N)nc1. The minimum Gasteiger partial charge on any atom is -0.384 e. The summed E-state index contributed by atoms with van der Waals surface area (Å²) >= 11 is 0. The van der Waals surface area contributed by atoms with E-state index in [1.165, 1.54) is 0 Å². The van der Waals surface area contributed by atoms with Gasteiger partial charge in [0.25, 0.3) is 0 Å². The molecule has 16 heavy (non-hydrogen) atoms. The quantitative estimate of drug-likeness (QED) is 0.795. The number of anilines is 2. The third-order valence-electron chi connectivity index (χ3n) is 2.51. The summed E-state index contributed by atoms with van der Waals surface area (Å²) in [5, 5.41) is 3.48. The van der Waals surface area contributed by atoms with Gasteiger partial charge in [-0.1, -0.05) is 13.8 Å². The predicted octanol–water partition coefficient (Wildman–Crippen LogP) is 1.66. The van der Waals surface area contributed by atoms with E-state index in [4.69, 9.17) is 5.73 Å². The molecule has 1 unspecified atom stereocenters. The average molecular weight is 222 g/mol. The van der Waals surface area contributed by atoms with Gasteiger partial charge in [-0.2, -0.15) is 0 Å². The van der Waals surface area contributed by atoms with Gasteiger partial charge in [0.05, 0.1) is 11.9 Å². The largest absolute Gasteiger partial charge is 0.384 e. The third-order valence-corrected chi connectivity index (χ3v) is 2.51. The number of aromatic nitrogens is 1. The first-order valence-corrected chi connectivity index (χ1v) is 5.62. The van der Waals surface area contributed by atoms with Gasteiger partial charge in [0.2, 0.25) is 0 Å². The van der Waals surface area contributed by atoms with E-state index in [9.17, 15) is 0 Å². The molecule has 0 aromatic carbocycles. The summed E-state index contributed by atoms with van der Waals surface area (Å²) < 4.78 is 0. The Balaban J connectivity index is 2.64. The Morgan fingerprint density at radius 1 is 1.38 bits per heavy atom. The van der Waals surface area contributed by atoms with Crippen molar-refractivity contribution in [2.45, 2.75) is 19.9 Å². The van der Waals surface area contributed by atoms with Crippen molar-refractivity contribution in [3.8, 4) is 0 Å². The van der Waals surface area contributed by atoms with Crippen molar-refractivity contribution in [2.75, 3.05) is 31.7 Å². The Morgan fingerprint density at radius 3 is 2.50 bits per heavy atom. The number of hydrogen-bond donors (Lipinski definition) is 2. The van der Waals surface area contributed by atoms with Crippen LogP contribution >= 0.6 is 0 Å². The average Bonchev–Trinajstić information content (AvgIpc) is 2.19. The topological polar surface area (TPSA) is 54.2 Å². The second-order valence-corrected chi connectivity index (χ2v) is 4.73. The second-order valence-electron chi connectivity index (χ2n) is 4.73. The van der Waals surface area contributed by atoms with Gasteiger partial charge in [0.15, 0.2) is 0 Å². The molecular weight excluding hydrogens is 200 g/mol. The Hall–Kier alpha value is -1.29. The van der Waals surface area contributed by atoms with Gasteiger partial charge in [-0.25, -0.2) is 4.98 Å². The van der Waals surface area contributed by atoms with Crippen molar-refractivity contribution < 1.29 is 0 Å². The highest BCUT2D eigenvalue weighted by atomic mass is 15.1. The van der Waals surface area contributed by atoms with Crippen molar-refractivity contribution in [3.05, 3.63) is 18.3 Å². The van der Waals surface area contributed by atoms with E-state index < -0.39 is 0 Å². The highest BCUT2D eigenvalue weighted by Gasteiger charge is 2.13. The van der Waals surface area contributed by atoms with Crippen molar-refractivity contribution in [3.63, 3.8) is 0 Å². The van der Waals surface area contributed by atoms with Gasteiger partial charge in [0, 0.05) is 12.6 Å². The molecule has 0 bridgehead atoms.